The Kier molecular flexibility index (Phi) is 8.97. The molecule has 0 aliphatic carbocycles. The molecule has 1 aliphatic heterocycles. The van der Waals surface area contributed by atoms with Gasteiger partial charge in [-0.3, -0.25) is 9.59 Å². The van der Waals surface area contributed by atoms with Crippen molar-refractivity contribution in [3.05, 3.63) is 58.6 Å². The second kappa shape index (κ2) is 11.9. The van der Waals surface area contributed by atoms with Gasteiger partial charge in [0.2, 0.25) is 11.8 Å². The lowest BCUT2D eigenvalue weighted by Gasteiger charge is -2.29. The average Bonchev–Trinajstić information content (AvgIpc) is 3.35. The van der Waals surface area contributed by atoms with Crippen molar-refractivity contribution in [2.45, 2.75) is 44.9 Å². The van der Waals surface area contributed by atoms with Crippen LogP contribution in [0.15, 0.2) is 42.5 Å². The van der Waals surface area contributed by atoms with E-state index in [1.54, 1.807) is 50.3 Å². The molecular weight excluding hydrogens is 444 g/mol. The fraction of sp³-hybridized carbons (Fsp3) is 0.440. The molecule has 2 amide bonds. The third-order valence-electron chi connectivity index (χ3n) is 5.76. The molecule has 0 radical (unpaired) electrons. The van der Waals surface area contributed by atoms with Crippen molar-refractivity contribution < 1.29 is 23.8 Å². The van der Waals surface area contributed by atoms with E-state index >= 15 is 0 Å². The number of hydrogen-bond acceptors (Lipinski definition) is 5. The summed E-state index contributed by atoms with van der Waals surface area (Å²) in [6.07, 6.45) is 2.09. The smallest absolute Gasteiger partial charge is 0.242 e. The van der Waals surface area contributed by atoms with Crippen molar-refractivity contribution in [2.75, 3.05) is 27.4 Å². The lowest BCUT2D eigenvalue weighted by Crippen LogP contribution is -2.49. The highest BCUT2D eigenvalue weighted by Crippen LogP contribution is 2.28. The van der Waals surface area contributed by atoms with Crippen LogP contribution in [-0.2, 0) is 27.3 Å². The minimum absolute atomic E-state index is 0.0355. The molecule has 0 spiro atoms. The molecule has 2 atom stereocenters. The Labute approximate surface area is 200 Å². The SMILES string of the molecule is COc1ccc(CC(=O)N(Cc2ccc(Cl)cc2)[C@H](C)C(=O)NC[C@@H]2CCCO2)cc1OC. The van der Waals surface area contributed by atoms with Gasteiger partial charge in [-0.05, 0) is 55.2 Å². The van der Waals surface area contributed by atoms with Crippen LogP contribution in [0.1, 0.15) is 30.9 Å². The lowest BCUT2D eigenvalue weighted by molar-refractivity contribution is -0.140. The van der Waals surface area contributed by atoms with Gasteiger partial charge in [0, 0.05) is 24.7 Å². The van der Waals surface area contributed by atoms with E-state index in [0.29, 0.717) is 23.1 Å². The number of nitrogens with zero attached hydrogens (tertiary/aromatic N) is 1. The average molecular weight is 475 g/mol. The molecule has 1 aliphatic rings. The molecule has 0 bridgehead atoms. The van der Waals surface area contributed by atoms with Gasteiger partial charge in [-0.25, -0.2) is 0 Å². The molecule has 2 aromatic carbocycles. The van der Waals surface area contributed by atoms with Crippen LogP contribution < -0.4 is 14.8 Å². The number of ether oxygens (including phenoxy) is 3. The normalized spacial score (nSPS) is 16.2. The molecular formula is C25H31ClN2O5. The quantitative estimate of drug-likeness (QED) is 0.569. The summed E-state index contributed by atoms with van der Waals surface area (Å²) in [5.74, 6) is 0.764. The van der Waals surface area contributed by atoms with Gasteiger partial charge in [0.25, 0.3) is 0 Å². The van der Waals surface area contributed by atoms with Crippen molar-refractivity contribution in [1.82, 2.24) is 10.2 Å². The van der Waals surface area contributed by atoms with Crippen LogP contribution in [0.4, 0.5) is 0 Å². The van der Waals surface area contributed by atoms with Gasteiger partial charge >= 0.3 is 0 Å². The minimum Gasteiger partial charge on any atom is -0.493 e. The lowest BCUT2D eigenvalue weighted by atomic mass is 10.1. The highest BCUT2D eigenvalue weighted by molar-refractivity contribution is 6.30. The number of hydrogen-bond donors (Lipinski definition) is 1. The molecule has 7 nitrogen and oxygen atoms in total. The van der Waals surface area contributed by atoms with Crippen molar-refractivity contribution in [2.24, 2.45) is 0 Å². The second-order valence-electron chi connectivity index (χ2n) is 8.07. The summed E-state index contributed by atoms with van der Waals surface area (Å²) >= 11 is 6.01. The van der Waals surface area contributed by atoms with E-state index in [-0.39, 0.29) is 30.9 Å². The van der Waals surface area contributed by atoms with Gasteiger partial charge in [-0.1, -0.05) is 29.8 Å². The maximum Gasteiger partial charge on any atom is 0.242 e. The zero-order chi connectivity index (χ0) is 23.8. The Hall–Kier alpha value is -2.77. The summed E-state index contributed by atoms with van der Waals surface area (Å²) in [7, 11) is 3.12. The number of methoxy groups -OCH3 is 2. The fourth-order valence-corrected chi connectivity index (χ4v) is 3.93. The van der Waals surface area contributed by atoms with Crippen LogP contribution >= 0.6 is 11.6 Å². The third kappa shape index (κ3) is 6.85. The largest absolute Gasteiger partial charge is 0.493 e. The number of rotatable bonds is 10. The van der Waals surface area contributed by atoms with Crippen molar-refractivity contribution in [3.8, 4) is 11.5 Å². The number of carbonyl (C=O) groups excluding carboxylic acids is 2. The molecule has 33 heavy (non-hydrogen) atoms. The molecule has 8 heteroatoms. The molecule has 1 heterocycles. The van der Waals surface area contributed by atoms with Crippen molar-refractivity contribution in [1.29, 1.82) is 0 Å². The minimum atomic E-state index is -0.658. The van der Waals surface area contributed by atoms with Gasteiger partial charge in [-0.15, -0.1) is 0 Å². The molecule has 1 saturated heterocycles. The number of benzene rings is 2. The zero-order valence-corrected chi connectivity index (χ0v) is 20.1. The van der Waals surface area contributed by atoms with E-state index in [1.807, 2.05) is 18.2 Å². The Balaban J connectivity index is 1.75. The van der Waals surface area contributed by atoms with E-state index < -0.39 is 6.04 Å². The topological polar surface area (TPSA) is 77.1 Å². The van der Waals surface area contributed by atoms with Gasteiger partial charge in [0.05, 0.1) is 26.7 Å². The first kappa shape index (κ1) is 24.9. The van der Waals surface area contributed by atoms with Crippen LogP contribution in [0.5, 0.6) is 11.5 Å². The summed E-state index contributed by atoms with van der Waals surface area (Å²) < 4.78 is 16.2. The summed E-state index contributed by atoms with van der Waals surface area (Å²) in [6, 6.07) is 12.0. The standard InChI is InChI=1S/C25H31ClN2O5/c1-17(25(30)27-15-21-5-4-12-33-21)28(16-18-6-9-20(26)10-7-18)24(29)14-19-8-11-22(31-2)23(13-19)32-3/h6-11,13,17,21H,4-5,12,14-16H2,1-3H3,(H,27,30)/t17-,21+/m1/s1. The molecule has 3 rings (SSSR count). The Morgan fingerprint density at radius 2 is 1.82 bits per heavy atom. The molecule has 2 aromatic rings. The highest BCUT2D eigenvalue weighted by atomic mass is 35.5. The van der Waals surface area contributed by atoms with Gasteiger partial charge in [-0.2, -0.15) is 0 Å². The first-order valence-electron chi connectivity index (χ1n) is 11.1. The summed E-state index contributed by atoms with van der Waals surface area (Å²) in [6.45, 7) is 3.20. The van der Waals surface area contributed by atoms with Gasteiger partial charge in [0.15, 0.2) is 11.5 Å². The molecule has 1 N–H and O–H groups in total. The number of halogens is 1. The van der Waals surface area contributed by atoms with E-state index in [0.717, 1.165) is 30.6 Å². The van der Waals surface area contributed by atoms with Crippen molar-refractivity contribution >= 4 is 23.4 Å². The maximum atomic E-state index is 13.4. The van der Waals surface area contributed by atoms with Crippen LogP contribution in [0.25, 0.3) is 0 Å². The van der Waals surface area contributed by atoms with Crippen molar-refractivity contribution in [3.63, 3.8) is 0 Å². The Morgan fingerprint density at radius 1 is 1.12 bits per heavy atom. The monoisotopic (exact) mass is 474 g/mol. The third-order valence-corrected chi connectivity index (χ3v) is 6.02. The van der Waals surface area contributed by atoms with Crippen LogP contribution in [0, 0.1) is 0 Å². The molecule has 0 aromatic heterocycles. The van der Waals surface area contributed by atoms with E-state index in [4.69, 9.17) is 25.8 Å². The number of nitrogens with one attached hydrogen (secondary N) is 1. The maximum absolute atomic E-state index is 13.4. The molecule has 178 valence electrons. The van der Waals surface area contributed by atoms with Crippen LogP contribution in [-0.4, -0.2) is 56.2 Å². The highest BCUT2D eigenvalue weighted by Gasteiger charge is 2.27. The summed E-state index contributed by atoms with van der Waals surface area (Å²) in [5, 5.41) is 3.55. The number of amides is 2. The first-order chi connectivity index (χ1) is 15.9. The molecule has 0 unspecified atom stereocenters. The summed E-state index contributed by atoms with van der Waals surface area (Å²) in [4.78, 5) is 27.9. The van der Waals surface area contributed by atoms with E-state index in [2.05, 4.69) is 5.32 Å². The van der Waals surface area contributed by atoms with Crippen LogP contribution in [0.3, 0.4) is 0 Å². The van der Waals surface area contributed by atoms with Gasteiger partial charge in [0.1, 0.15) is 6.04 Å². The Bertz CT molecular complexity index is 944. The Morgan fingerprint density at radius 3 is 2.45 bits per heavy atom. The van der Waals surface area contributed by atoms with Crippen LogP contribution in [0.2, 0.25) is 5.02 Å². The predicted octanol–water partition coefficient (Wildman–Crippen LogP) is 3.61. The summed E-state index contributed by atoms with van der Waals surface area (Å²) in [5.41, 5.74) is 1.66. The fourth-order valence-electron chi connectivity index (χ4n) is 3.80. The van der Waals surface area contributed by atoms with E-state index in [9.17, 15) is 9.59 Å². The molecule has 0 saturated carbocycles. The zero-order valence-electron chi connectivity index (χ0n) is 19.3. The van der Waals surface area contributed by atoms with Gasteiger partial charge < -0.3 is 24.4 Å². The second-order valence-corrected chi connectivity index (χ2v) is 8.51. The predicted molar refractivity (Wildman–Crippen MR) is 127 cm³/mol. The first-order valence-corrected chi connectivity index (χ1v) is 11.4. The molecule has 1 fully saturated rings. The van der Waals surface area contributed by atoms with E-state index in [1.165, 1.54) is 0 Å². The number of carbonyl (C=O) groups is 2.